The van der Waals surface area contributed by atoms with Gasteiger partial charge in [-0.1, -0.05) is 13.8 Å². The third kappa shape index (κ3) is 3.70. The molecule has 3 N–H and O–H groups in total. The van der Waals surface area contributed by atoms with Gasteiger partial charge in [0.15, 0.2) is 0 Å². The molecular formula is C12H22N2O3. The highest BCUT2D eigenvalue weighted by molar-refractivity contribution is 5.90. The first-order chi connectivity index (χ1) is 7.85. The predicted molar refractivity (Wildman–Crippen MR) is 64.7 cm³/mol. The number of carbonyl (C=O) groups excluding carboxylic acids is 1. The minimum absolute atomic E-state index is 0.206. The van der Waals surface area contributed by atoms with Gasteiger partial charge in [0.2, 0.25) is 5.91 Å². The van der Waals surface area contributed by atoms with Crippen molar-refractivity contribution in [2.45, 2.75) is 51.6 Å². The first-order valence-corrected chi connectivity index (χ1v) is 6.14. The van der Waals surface area contributed by atoms with Gasteiger partial charge < -0.3 is 15.7 Å². The summed E-state index contributed by atoms with van der Waals surface area (Å²) < 4.78 is 0. The molecule has 1 heterocycles. The van der Waals surface area contributed by atoms with Gasteiger partial charge >= 0.3 is 5.97 Å². The molecule has 0 bridgehead atoms. The molecule has 0 aromatic rings. The Morgan fingerprint density at radius 1 is 1.47 bits per heavy atom. The number of nitrogens with one attached hydrogen (secondary N) is 2. The van der Waals surface area contributed by atoms with Gasteiger partial charge in [-0.15, -0.1) is 0 Å². The standard InChI is InChI=1S/C12H22N2O3/c1-8(2)7-9(10(15)16)14-11(17)12(3)5-4-6-13-12/h8-9,13H,4-7H2,1-3H3,(H,14,17)(H,15,16)/t9-,12?/m1/s1. The van der Waals surface area contributed by atoms with Crippen LogP contribution >= 0.6 is 0 Å². The van der Waals surface area contributed by atoms with Gasteiger partial charge in [0.05, 0.1) is 5.54 Å². The molecule has 0 aromatic carbocycles. The summed E-state index contributed by atoms with van der Waals surface area (Å²) >= 11 is 0. The summed E-state index contributed by atoms with van der Waals surface area (Å²) in [5.74, 6) is -0.933. The second kappa shape index (κ2) is 5.49. The Balaban J connectivity index is 2.60. The van der Waals surface area contributed by atoms with Gasteiger partial charge in [0.25, 0.3) is 0 Å². The lowest BCUT2D eigenvalue weighted by Gasteiger charge is -2.26. The van der Waals surface area contributed by atoms with Crippen LogP contribution in [-0.4, -0.2) is 35.1 Å². The fourth-order valence-electron chi connectivity index (χ4n) is 2.10. The molecule has 1 amide bonds. The highest BCUT2D eigenvalue weighted by Crippen LogP contribution is 2.19. The van der Waals surface area contributed by atoms with Crippen molar-refractivity contribution >= 4 is 11.9 Å². The minimum atomic E-state index is -0.964. The number of aliphatic carboxylic acids is 1. The molecule has 1 aliphatic heterocycles. The van der Waals surface area contributed by atoms with Crippen molar-refractivity contribution < 1.29 is 14.7 Å². The Morgan fingerprint density at radius 3 is 2.53 bits per heavy atom. The van der Waals surface area contributed by atoms with Crippen molar-refractivity contribution in [1.29, 1.82) is 0 Å². The molecule has 0 saturated carbocycles. The first-order valence-electron chi connectivity index (χ1n) is 6.14. The average molecular weight is 242 g/mol. The highest BCUT2D eigenvalue weighted by Gasteiger charge is 2.37. The van der Waals surface area contributed by atoms with E-state index in [0.29, 0.717) is 6.42 Å². The molecule has 0 aromatic heterocycles. The van der Waals surface area contributed by atoms with Gasteiger partial charge in [0, 0.05) is 0 Å². The van der Waals surface area contributed by atoms with E-state index in [0.717, 1.165) is 19.4 Å². The summed E-state index contributed by atoms with van der Waals surface area (Å²) in [6, 6.07) is -0.790. The molecule has 0 aliphatic carbocycles. The van der Waals surface area contributed by atoms with Crippen LogP contribution in [0.4, 0.5) is 0 Å². The number of amides is 1. The molecular weight excluding hydrogens is 220 g/mol. The quantitative estimate of drug-likeness (QED) is 0.664. The second-order valence-corrected chi connectivity index (χ2v) is 5.36. The molecule has 5 nitrogen and oxygen atoms in total. The van der Waals surface area contributed by atoms with Crippen molar-refractivity contribution in [3.63, 3.8) is 0 Å². The van der Waals surface area contributed by atoms with Gasteiger partial charge in [-0.2, -0.15) is 0 Å². The molecule has 0 spiro atoms. The van der Waals surface area contributed by atoms with E-state index >= 15 is 0 Å². The van der Waals surface area contributed by atoms with Gasteiger partial charge in [-0.05, 0) is 38.6 Å². The molecule has 1 unspecified atom stereocenters. The lowest BCUT2D eigenvalue weighted by atomic mass is 9.97. The summed E-state index contributed by atoms with van der Waals surface area (Å²) in [5, 5.41) is 14.8. The number of hydrogen-bond donors (Lipinski definition) is 3. The van der Waals surface area contributed by atoms with E-state index in [1.54, 1.807) is 0 Å². The largest absolute Gasteiger partial charge is 0.480 e. The number of carboxylic acid groups (broad SMARTS) is 1. The number of carbonyl (C=O) groups is 2. The zero-order chi connectivity index (χ0) is 13.1. The molecule has 1 rings (SSSR count). The molecule has 1 saturated heterocycles. The Bertz CT molecular complexity index is 296. The third-order valence-corrected chi connectivity index (χ3v) is 3.18. The fraction of sp³-hybridized carbons (Fsp3) is 0.833. The Morgan fingerprint density at radius 2 is 2.12 bits per heavy atom. The zero-order valence-electron chi connectivity index (χ0n) is 10.7. The second-order valence-electron chi connectivity index (χ2n) is 5.36. The van der Waals surface area contributed by atoms with Crippen LogP contribution in [0.15, 0.2) is 0 Å². The monoisotopic (exact) mass is 242 g/mol. The summed E-state index contributed by atoms with van der Waals surface area (Å²) in [6.07, 6.45) is 2.16. The summed E-state index contributed by atoms with van der Waals surface area (Å²) in [4.78, 5) is 23.1. The molecule has 1 aliphatic rings. The van der Waals surface area contributed by atoms with E-state index in [2.05, 4.69) is 10.6 Å². The topological polar surface area (TPSA) is 78.4 Å². The predicted octanol–water partition coefficient (Wildman–Crippen LogP) is 0.744. The van der Waals surface area contributed by atoms with Crippen molar-refractivity contribution in [3.05, 3.63) is 0 Å². The molecule has 98 valence electrons. The Hall–Kier alpha value is -1.10. The Kier molecular flexibility index (Phi) is 4.51. The van der Waals surface area contributed by atoms with Gasteiger partial charge in [0.1, 0.15) is 6.04 Å². The molecule has 17 heavy (non-hydrogen) atoms. The minimum Gasteiger partial charge on any atom is -0.480 e. The zero-order valence-corrected chi connectivity index (χ0v) is 10.7. The highest BCUT2D eigenvalue weighted by atomic mass is 16.4. The van der Waals surface area contributed by atoms with Crippen LogP contribution in [0.3, 0.4) is 0 Å². The molecule has 2 atom stereocenters. The van der Waals surface area contributed by atoms with E-state index in [9.17, 15) is 9.59 Å². The van der Waals surface area contributed by atoms with Crippen LogP contribution < -0.4 is 10.6 Å². The fourth-order valence-corrected chi connectivity index (χ4v) is 2.10. The SMILES string of the molecule is CC(C)C[C@@H](NC(=O)C1(C)CCCN1)C(=O)O. The first kappa shape index (κ1) is 14.0. The van der Waals surface area contributed by atoms with E-state index in [4.69, 9.17) is 5.11 Å². The van der Waals surface area contributed by atoms with Gasteiger partial charge in [-0.25, -0.2) is 4.79 Å². The number of hydrogen-bond acceptors (Lipinski definition) is 3. The maximum Gasteiger partial charge on any atom is 0.326 e. The third-order valence-electron chi connectivity index (χ3n) is 3.18. The van der Waals surface area contributed by atoms with E-state index in [1.165, 1.54) is 0 Å². The normalized spacial score (nSPS) is 25.9. The number of carboxylic acids is 1. The van der Waals surface area contributed by atoms with Crippen LogP contribution in [0.5, 0.6) is 0 Å². The van der Waals surface area contributed by atoms with Crippen molar-refractivity contribution in [2.24, 2.45) is 5.92 Å². The van der Waals surface area contributed by atoms with Crippen molar-refractivity contribution in [1.82, 2.24) is 10.6 Å². The molecule has 1 fully saturated rings. The lowest BCUT2D eigenvalue weighted by molar-refractivity contribution is -0.143. The van der Waals surface area contributed by atoms with Crippen molar-refractivity contribution in [2.75, 3.05) is 6.54 Å². The smallest absolute Gasteiger partial charge is 0.326 e. The maximum atomic E-state index is 12.0. The maximum absolute atomic E-state index is 12.0. The van der Waals surface area contributed by atoms with Crippen LogP contribution in [0.1, 0.15) is 40.0 Å². The van der Waals surface area contributed by atoms with Crippen LogP contribution in [0, 0.1) is 5.92 Å². The molecule has 0 radical (unpaired) electrons. The van der Waals surface area contributed by atoms with Crippen LogP contribution in [-0.2, 0) is 9.59 Å². The van der Waals surface area contributed by atoms with E-state index in [-0.39, 0.29) is 11.8 Å². The summed E-state index contributed by atoms with van der Waals surface area (Å²) in [5.41, 5.74) is -0.606. The average Bonchev–Trinajstić information content (AvgIpc) is 2.64. The Labute approximate surface area is 102 Å². The van der Waals surface area contributed by atoms with Crippen LogP contribution in [0.25, 0.3) is 0 Å². The lowest BCUT2D eigenvalue weighted by Crippen LogP contribution is -2.55. The number of rotatable bonds is 5. The van der Waals surface area contributed by atoms with E-state index in [1.807, 2.05) is 20.8 Å². The summed E-state index contributed by atoms with van der Waals surface area (Å²) in [7, 11) is 0. The van der Waals surface area contributed by atoms with E-state index < -0.39 is 17.6 Å². The van der Waals surface area contributed by atoms with Crippen LogP contribution in [0.2, 0.25) is 0 Å². The summed E-state index contributed by atoms with van der Waals surface area (Å²) in [6.45, 7) is 6.52. The molecule has 5 heteroatoms. The van der Waals surface area contributed by atoms with Crippen molar-refractivity contribution in [3.8, 4) is 0 Å². The van der Waals surface area contributed by atoms with Gasteiger partial charge in [-0.3, -0.25) is 4.79 Å².